The van der Waals surface area contributed by atoms with Gasteiger partial charge in [-0.25, -0.2) is 15.0 Å². The number of amides is 1. The third kappa shape index (κ3) is 5.01. The molecule has 0 unspecified atom stereocenters. The lowest BCUT2D eigenvalue weighted by Gasteiger charge is -2.17. The third-order valence-electron chi connectivity index (χ3n) is 4.87. The van der Waals surface area contributed by atoms with Crippen LogP contribution in [0, 0.1) is 0 Å². The van der Waals surface area contributed by atoms with Crippen LogP contribution in [-0.2, 0) is 4.79 Å². The number of halogens is 1. The van der Waals surface area contributed by atoms with Gasteiger partial charge in [0.15, 0.2) is 0 Å². The highest BCUT2D eigenvalue weighted by molar-refractivity contribution is 6.29. The fraction of sp³-hybridized carbons (Fsp3) is 0.238. The normalized spacial score (nSPS) is 15.7. The summed E-state index contributed by atoms with van der Waals surface area (Å²) in [7, 11) is 0. The topological polar surface area (TPSA) is 126 Å². The Morgan fingerprint density at radius 3 is 2.87 bits per heavy atom. The molecule has 1 fully saturated rings. The molecule has 1 atom stereocenters. The van der Waals surface area contributed by atoms with Gasteiger partial charge in [-0.05, 0) is 36.4 Å². The van der Waals surface area contributed by atoms with Gasteiger partial charge in [-0.3, -0.25) is 4.79 Å². The predicted molar refractivity (Wildman–Crippen MR) is 117 cm³/mol. The first-order chi connectivity index (χ1) is 15.0. The number of benzene rings is 1. The molecule has 0 spiro atoms. The number of likely N-dealkylation sites (tertiary alicyclic amines) is 1. The molecule has 160 valence electrons. The van der Waals surface area contributed by atoms with Crippen LogP contribution >= 0.6 is 11.6 Å². The molecule has 4 rings (SSSR count). The molecule has 0 aliphatic carbocycles. The van der Waals surface area contributed by atoms with Crippen LogP contribution in [0.15, 0.2) is 48.8 Å². The van der Waals surface area contributed by atoms with Crippen LogP contribution in [-0.4, -0.2) is 56.7 Å². The van der Waals surface area contributed by atoms with Crippen LogP contribution in [0.25, 0.3) is 11.3 Å². The van der Waals surface area contributed by atoms with Gasteiger partial charge in [0, 0.05) is 36.6 Å². The second kappa shape index (κ2) is 9.15. The van der Waals surface area contributed by atoms with Crippen LogP contribution < -0.4 is 15.8 Å². The zero-order valence-corrected chi connectivity index (χ0v) is 17.3. The van der Waals surface area contributed by atoms with Gasteiger partial charge in [0.25, 0.3) is 0 Å². The summed E-state index contributed by atoms with van der Waals surface area (Å²) in [4.78, 5) is 25.9. The van der Waals surface area contributed by atoms with E-state index in [9.17, 15) is 4.79 Å². The van der Waals surface area contributed by atoms with E-state index in [0.29, 0.717) is 47.7 Å². The number of aliphatic hydroxyl groups is 1. The largest absolute Gasteiger partial charge is 0.486 e. The monoisotopic (exact) mass is 440 g/mol. The van der Waals surface area contributed by atoms with E-state index in [4.69, 9.17) is 27.2 Å². The van der Waals surface area contributed by atoms with E-state index >= 15 is 0 Å². The number of nitrogens with zero attached hydrogens (tertiary/aromatic N) is 4. The van der Waals surface area contributed by atoms with Crippen molar-refractivity contribution in [3.8, 4) is 17.0 Å². The molecule has 0 radical (unpaired) electrons. The lowest BCUT2D eigenvalue weighted by molar-refractivity contribution is -0.133. The number of hydrogen-bond acceptors (Lipinski definition) is 8. The van der Waals surface area contributed by atoms with Crippen LogP contribution in [0.2, 0.25) is 5.15 Å². The second-order valence-electron chi connectivity index (χ2n) is 7.04. The molecule has 1 aliphatic rings. The summed E-state index contributed by atoms with van der Waals surface area (Å²) in [6, 6.07) is 10.7. The Labute approximate surface area is 183 Å². The number of ether oxygens (including phenoxy) is 1. The van der Waals surface area contributed by atoms with Crippen molar-refractivity contribution in [2.24, 2.45) is 0 Å². The number of nitrogens with two attached hydrogens (primary N) is 1. The summed E-state index contributed by atoms with van der Waals surface area (Å²) in [5.74, 6) is 0.667. The van der Waals surface area contributed by atoms with Crippen molar-refractivity contribution in [1.82, 2.24) is 19.9 Å². The fourth-order valence-electron chi connectivity index (χ4n) is 3.33. The number of anilines is 3. The smallest absolute Gasteiger partial charge is 0.248 e. The molecule has 2 aromatic heterocycles. The molecule has 3 heterocycles. The van der Waals surface area contributed by atoms with E-state index in [1.165, 1.54) is 0 Å². The third-order valence-corrected chi connectivity index (χ3v) is 5.08. The molecular weight excluding hydrogens is 420 g/mol. The van der Waals surface area contributed by atoms with Crippen molar-refractivity contribution >= 4 is 34.8 Å². The number of rotatable bonds is 6. The summed E-state index contributed by atoms with van der Waals surface area (Å²) < 4.78 is 5.97. The molecule has 9 nitrogen and oxygen atoms in total. The van der Waals surface area contributed by atoms with Crippen LogP contribution in [0.5, 0.6) is 5.75 Å². The number of nitrogens with one attached hydrogen (secondary N) is 1. The first kappa shape index (κ1) is 20.8. The maximum Gasteiger partial charge on any atom is 0.248 e. The number of aromatic nitrogens is 3. The maximum absolute atomic E-state index is 11.6. The SMILES string of the molecule is Nc1cc(-c2ccnc(Nc3ccnc(Cl)c3)n2)ccc1O[C@@H]1CCN(C(=O)CO)C1. The molecule has 1 aromatic carbocycles. The number of nitrogen functional groups attached to an aromatic ring is 1. The number of carbonyl (C=O) groups excluding carboxylic acids is 1. The maximum atomic E-state index is 11.6. The molecular formula is C21H21ClN6O3. The van der Waals surface area contributed by atoms with Gasteiger partial charge in [-0.15, -0.1) is 0 Å². The Bertz CT molecular complexity index is 1100. The second-order valence-corrected chi connectivity index (χ2v) is 7.42. The van der Waals surface area contributed by atoms with Gasteiger partial charge in [-0.1, -0.05) is 11.6 Å². The van der Waals surface area contributed by atoms with E-state index < -0.39 is 6.61 Å². The Morgan fingerprint density at radius 2 is 2.10 bits per heavy atom. The number of hydrogen-bond donors (Lipinski definition) is 3. The van der Waals surface area contributed by atoms with Crippen molar-refractivity contribution in [1.29, 1.82) is 0 Å². The average molecular weight is 441 g/mol. The van der Waals surface area contributed by atoms with Crippen molar-refractivity contribution in [3.63, 3.8) is 0 Å². The molecule has 0 bridgehead atoms. The predicted octanol–water partition coefficient (Wildman–Crippen LogP) is 2.49. The standard InChI is InChI=1S/C21H21ClN6O3/c22-19-10-14(3-6-24-19)26-21-25-7-4-17(27-21)13-1-2-18(16(23)9-13)31-15-5-8-28(11-15)20(30)12-29/h1-4,6-7,9-10,15,29H,5,8,11-12,23H2,(H,24,25,26,27)/t15-/m1/s1. The first-order valence-corrected chi connectivity index (χ1v) is 10.1. The summed E-state index contributed by atoms with van der Waals surface area (Å²) in [5, 5.41) is 12.5. The van der Waals surface area contributed by atoms with E-state index in [0.717, 1.165) is 11.3 Å². The summed E-state index contributed by atoms with van der Waals surface area (Å²) in [5.41, 5.74) is 8.91. The Balaban J connectivity index is 1.46. The number of pyridine rings is 1. The van der Waals surface area contributed by atoms with E-state index in [1.54, 1.807) is 47.6 Å². The molecule has 0 saturated carbocycles. The summed E-state index contributed by atoms with van der Waals surface area (Å²) >= 11 is 5.91. The minimum absolute atomic E-state index is 0.161. The van der Waals surface area contributed by atoms with Gasteiger partial charge in [0.05, 0.1) is 17.9 Å². The van der Waals surface area contributed by atoms with Crippen molar-refractivity contribution < 1.29 is 14.6 Å². The highest BCUT2D eigenvalue weighted by atomic mass is 35.5. The zero-order chi connectivity index (χ0) is 21.8. The highest BCUT2D eigenvalue weighted by Gasteiger charge is 2.27. The molecule has 3 aromatic rings. The van der Waals surface area contributed by atoms with Crippen LogP contribution in [0.4, 0.5) is 17.3 Å². The zero-order valence-electron chi connectivity index (χ0n) is 16.5. The van der Waals surface area contributed by atoms with E-state index in [2.05, 4.69) is 20.3 Å². The summed E-state index contributed by atoms with van der Waals surface area (Å²) in [6.45, 7) is 0.496. The quantitative estimate of drug-likeness (QED) is 0.394. The van der Waals surface area contributed by atoms with Gasteiger partial charge in [0.1, 0.15) is 23.6 Å². The van der Waals surface area contributed by atoms with Crippen LogP contribution in [0.3, 0.4) is 0 Å². The average Bonchev–Trinajstić information content (AvgIpc) is 3.23. The van der Waals surface area contributed by atoms with Crippen molar-refractivity contribution in [2.45, 2.75) is 12.5 Å². The van der Waals surface area contributed by atoms with Crippen molar-refractivity contribution in [3.05, 3.63) is 53.9 Å². The summed E-state index contributed by atoms with van der Waals surface area (Å²) in [6.07, 6.45) is 3.77. The molecule has 1 saturated heterocycles. The van der Waals surface area contributed by atoms with Crippen LogP contribution in [0.1, 0.15) is 6.42 Å². The number of aliphatic hydroxyl groups excluding tert-OH is 1. The molecule has 1 aliphatic heterocycles. The van der Waals surface area contributed by atoms with E-state index in [1.807, 2.05) is 6.07 Å². The lowest BCUT2D eigenvalue weighted by atomic mass is 10.1. The fourth-order valence-corrected chi connectivity index (χ4v) is 3.51. The molecule has 1 amide bonds. The lowest BCUT2D eigenvalue weighted by Crippen LogP contribution is -2.32. The van der Waals surface area contributed by atoms with Gasteiger partial charge in [0.2, 0.25) is 11.9 Å². The Hall–Kier alpha value is -3.43. The minimum Gasteiger partial charge on any atom is -0.486 e. The minimum atomic E-state index is -0.493. The van der Waals surface area contributed by atoms with Crippen molar-refractivity contribution in [2.75, 3.05) is 30.7 Å². The molecule has 4 N–H and O–H groups in total. The first-order valence-electron chi connectivity index (χ1n) is 9.68. The number of carbonyl (C=O) groups is 1. The Morgan fingerprint density at radius 1 is 1.26 bits per heavy atom. The molecule has 10 heteroatoms. The van der Waals surface area contributed by atoms with Gasteiger partial charge >= 0.3 is 0 Å². The van der Waals surface area contributed by atoms with Gasteiger partial charge < -0.3 is 25.8 Å². The Kier molecular flexibility index (Phi) is 6.15. The highest BCUT2D eigenvalue weighted by Crippen LogP contribution is 2.30. The van der Waals surface area contributed by atoms with E-state index in [-0.39, 0.29) is 12.0 Å². The molecule has 31 heavy (non-hydrogen) atoms. The van der Waals surface area contributed by atoms with Gasteiger partial charge in [-0.2, -0.15) is 0 Å².